The number of halogens is 1. The summed E-state index contributed by atoms with van der Waals surface area (Å²) in [5.74, 6) is 0.615. The average Bonchev–Trinajstić information content (AvgIpc) is 2.98. The van der Waals surface area contributed by atoms with Gasteiger partial charge in [-0.15, -0.1) is 0 Å². The highest BCUT2D eigenvalue weighted by molar-refractivity contribution is 6.32. The Hall–Kier alpha value is -1.95. The molecule has 0 N–H and O–H groups in total. The largest absolute Gasteiger partial charge is 0.495 e. The van der Waals surface area contributed by atoms with Crippen LogP contribution in [0.5, 0.6) is 5.75 Å². The van der Waals surface area contributed by atoms with E-state index in [4.69, 9.17) is 21.1 Å². The summed E-state index contributed by atoms with van der Waals surface area (Å²) in [6.45, 7) is 1.93. The van der Waals surface area contributed by atoms with Gasteiger partial charge in [0, 0.05) is 24.5 Å². The van der Waals surface area contributed by atoms with Gasteiger partial charge in [-0.3, -0.25) is 4.79 Å². The summed E-state index contributed by atoms with van der Waals surface area (Å²) in [5, 5.41) is 0.654. The molecular formula is C16H19ClN2O4. The Morgan fingerprint density at radius 1 is 1.39 bits per heavy atom. The zero-order valence-corrected chi connectivity index (χ0v) is 13.8. The molecule has 2 aliphatic rings. The average molecular weight is 339 g/mol. The van der Waals surface area contributed by atoms with Gasteiger partial charge in [-0.05, 0) is 30.5 Å². The highest BCUT2D eigenvalue weighted by atomic mass is 35.5. The van der Waals surface area contributed by atoms with Crippen molar-refractivity contribution in [3.05, 3.63) is 22.7 Å². The van der Waals surface area contributed by atoms with E-state index in [-0.39, 0.29) is 18.4 Å². The smallest absolute Gasteiger partial charge is 0.409 e. The topological polar surface area (TPSA) is 59.1 Å². The fraction of sp³-hybridized carbons (Fsp3) is 0.500. The van der Waals surface area contributed by atoms with Crippen LogP contribution in [0.25, 0.3) is 0 Å². The number of ether oxygens (including phenoxy) is 2. The van der Waals surface area contributed by atoms with Crippen LogP contribution in [-0.4, -0.2) is 50.3 Å². The predicted octanol–water partition coefficient (Wildman–Crippen LogP) is 2.47. The van der Waals surface area contributed by atoms with E-state index < -0.39 is 0 Å². The molecule has 1 saturated heterocycles. The summed E-state index contributed by atoms with van der Waals surface area (Å²) >= 11 is 6.28. The van der Waals surface area contributed by atoms with Gasteiger partial charge in [-0.25, -0.2) is 4.79 Å². The lowest BCUT2D eigenvalue weighted by molar-refractivity contribution is -0.118. The molecule has 0 bridgehead atoms. The van der Waals surface area contributed by atoms with Crippen molar-refractivity contribution in [2.24, 2.45) is 0 Å². The van der Waals surface area contributed by atoms with Gasteiger partial charge in [0.1, 0.15) is 12.4 Å². The van der Waals surface area contributed by atoms with E-state index in [9.17, 15) is 9.59 Å². The number of carbonyl (C=O) groups is 2. The van der Waals surface area contributed by atoms with Crippen LogP contribution in [0, 0.1) is 0 Å². The molecule has 0 spiro atoms. The van der Waals surface area contributed by atoms with Crippen molar-refractivity contribution in [1.82, 2.24) is 4.90 Å². The number of benzene rings is 1. The Morgan fingerprint density at radius 3 is 2.91 bits per heavy atom. The molecule has 0 atom stereocenters. The van der Waals surface area contributed by atoms with E-state index in [1.807, 2.05) is 0 Å². The molecule has 2 heterocycles. The molecule has 0 aromatic heterocycles. The quantitative estimate of drug-likeness (QED) is 0.846. The van der Waals surface area contributed by atoms with Crippen LogP contribution in [0.4, 0.5) is 10.5 Å². The number of anilines is 1. The standard InChI is InChI=1S/C16H19ClN2O4/c1-22-13-5-4-12(17)11-3-2-7-19(15(11)13)14(20)6-8-18-9-10-23-16(18)21/h4-5H,2-3,6-10H2,1H3. The Kier molecular flexibility index (Phi) is 4.61. The second-order valence-corrected chi connectivity index (χ2v) is 5.98. The third kappa shape index (κ3) is 3.08. The van der Waals surface area contributed by atoms with Gasteiger partial charge in [0.05, 0.1) is 19.3 Å². The van der Waals surface area contributed by atoms with Gasteiger partial charge in [-0.1, -0.05) is 11.6 Å². The SMILES string of the molecule is COc1ccc(Cl)c2c1N(C(=O)CCN1CCOC1=O)CCC2. The molecule has 0 radical (unpaired) electrons. The number of cyclic esters (lactones) is 1. The minimum absolute atomic E-state index is 0.0359. The van der Waals surface area contributed by atoms with Gasteiger partial charge in [-0.2, -0.15) is 0 Å². The van der Waals surface area contributed by atoms with Crippen LogP contribution in [0.15, 0.2) is 12.1 Å². The van der Waals surface area contributed by atoms with Crippen molar-refractivity contribution in [3.63, 3.8) is 0 Å². The van der Waals surface area contributed by atoms with Crippen molar-refractivity contribution in [2.45, 2.75) is 19.3 Å². The molecule has 7 heteroatoms. The number of amides is 2. The zero-order valence-electron chi connectivity index (χ0n) is 13.0. The van der Waals surface area contributed by atoms with Crippen LogP contribution >= 0.6 is 11.6 Å². The number of nitrogens with zero attached hydrogens (tertiary/aromatic N) is 2. The highest BCUT2D eigenvalue weighted by Crippen LogP contribution is 2.40. The molecule has 6 nitrogen and oxygen atoms in total. The van der Waals surface area contributed by atoms with Crippen molar-refractivity contribution in [1.29, 1.82) is 0 Å². The summed E-state index contributed by atoms with van der Waals surface area (Å²) in [7, 11) is 1.58. The lowest BCUT2D eigenvalue weighted by atomic mass is 10.0. The zero-order chi connectivity index (χ0) is 16.4. The molecule has 0 aliphatic carbocycles. The van der Waals surface area contributed by atoms with Crippen LogP contribution in [0.3, 0.4) is 0 Å². The molecule has 0 saturated carbocycles. The molecule has 1 fully saturated rings. The normalized spacial score (nSPS) is 17.0. The van der Waals surface area contributed by atoms with E-state index >= 15 is 0 Å². The number of methoxy groups -OCH3 is 1. The molecule has 3 rings (SSSR count). The Labute approximate surface area is 139 Å². The van der Waals surface area contributed by atoms with Gasteiger partial charge in [0.2, 0.25) is 5.91 Å². The molecule has 2 aliphatic heterocycles. The van der Waals surface area contributed by atoms with E-state index in [0.717, 1.165) is 24.1 Å². The first-order valence-corrected chi connectivity index (χ1v) is 8.07. The van der Waals surface area contributed by atoms with Crippen LogP contribution in [0.2, 0.25) is 5.02 Å². The maximum atomic E-state index is 12.7. The fourth-order valence-electron chi connectivity index (χ4n) is 3.06. The maximum Gasteiger partial charge on any atom is 0.409 e. The molecule has 23 heavy (non-hydrogen) atoms. The van der Waals surface area contributed by atoms with Crippen molar-refractivity contribution < 1.29 is 19.1 Å². The minimum Gasteiger partial charge on any atom is -0.495 e. The van der Waals surface area contributed by atoms with Gasteiger partial charge < -0.3 is 19.3 Å². The highest BCUT2D eigenvalue weighted by Gasteiger charge is 2.29. The van der Waals surface area contributed by atoms with E-state index in [2.05, 4.69) is 0 Å². The van der Waals surface area contributed by atoms with Gasteiger partial charge in [0.25, 0.3) is 0 Å². The summed E-state index contributed by atoms with van der Waals surface area (Å²) in [5.41, 5.74) is 1.71. The van der Waals surface area contributed by atoms with Crippen molar-refractivity contribution in [3.8, 4) is 5.75 Å². The Bertz CT molecular complexity index is 635. The Balaban J connectivity index is 1.78. The third-order valence-electron chi connectivity index (χ3n) is 4.23. The minimum atomic E-state index is -0.350. The molecule has 1 aromatic carbocycles. The Morgan fingerprint density at radius 2 is 2.22 bits per heavy atom. The summed E-state index contributed by atoms with van der Waals surface area (Å²) in [6.07, 6.45) is 1.59. The second-order valence-electron chi connectivity index (χ2n) is 5.58. The second kappa shape index (κ2) is 6.66. The first kappa shape index (κ1) is 15.9. The maximum absolute atomic E-state index is 12.7. The summed E-state index contributed by atoms with van der Waals surface area (Å²) in [6, 6.07) is 3.58. The van der Waals surface area contributed by atoms with Gasteiger partial charge in [0.15, 0.2) is 0 Å². The number of rotatable bonds is 4. The van der Waals surface area contributed by atoms with E-state index in [1.54, 1.807) is 29.0 Å². The molecule has 2 amide bonds. The molecular weight excluding hydrogens is 320 g/mol. The first-order chi connectivity index (χ1) is 11.1. The molecule has 0 unspecified atom stereocenters. The lowest BCUT2D eigenvalue weighted by Crippen LogP contribution is -2.38. The van der Waals surface area contributed by atoms with Crippen LogP contribution in [0.1, 0.15) is 18.4 Å². The molecule has 1 aromatic rings. The van der Waals surface area contributed by atoms with E-state index in [1.165, 1.54) is 0 Å². The van der Waals surface area contributed by atoms with E-state index in [0.29, 0.717) is 37.0 Å². The number of fused-ring (bicyclic) bond motifs is 1. The van der Waals surface area contributed by atoms with Crippen LogP contribution in [-0.2, 0) is 16.0 Å². The van der Waals surface area contributed by atoms with Crippen molar-refractivity contribution >= 4 is 29.3 Å². The fourth-order valence-corrected chi connectivity index (χ4v) is 3.31. The monoisotopic (exact) mass is 338 g/mol. The van der Waals surface area contributed by atoms with Crippen molar-refractivity contribution in [2.75, 3.05) is 38.3 Å². The first-order valence-electron chi connectivity index (χ1n) is 7.69. The number of carbonyl (C=O) groups excluding carboxylic acids is 2. The van der Waals surface area contributed by atoms with Crippen LogP contribution < -0.4 is 9.64 Å². The lowest BCUT2D eigenvalue weighted by Gasteiger charge is -2.32. The number of hydrogen-bond acceptors (Lipinski definition) is 4. The number of hydrogen-bond donors (Lipinski definition) is 0. The molecule has 124 valence electrons. The summed E-state index contributed by atoms with van der Waals surface area (Å²) in [4.78, 5) is 27.4. The third-order valence-corrected chi connectivity index (χ3v) is 4.58. The van der Waals surface area contributed by atoms with Gasteiger partial charge >= 0.3 is 6.09 Å². The summed E-state index contributed by atoms with van der Waals surface area (Å²) < 4.78 is 10.3. The predicted molar refractivity (Wildman–Crippen MR) is 86.2 cm³/mol.